The van der Waals surface area contributed by atoms with E-state index in [9.17, 15) is 9.59 Å². The molecule has 1 fully saturated rings. The first-order chi connectivity index (χ1) is 9.08. The zero-order valence-corrected chi connectivity index (χ0v) is 11.6. The number of halogens is 1. The topological polar surface area (TPSA) is 87.7 Å². The first kappa shape index (κ1) is 14.0. The normalized spacial score (nSPS) is 18.9. The number of rotatable bonds is 3. The number of aromatic carboxylic acids is 1. The lowest BCUT2D eigenvalue weighted by Gasteiger charge is -2.22. The number of carbonyl (C=O) groups excluding carboxylic acids is 1. The lowest BCUT2D eigenvalue weighted by Crippen LogP contribution is -2.45. The fraction of sp³-hybridized carbons (Fsp3) is 0.333. The molecule has 1 atom stereocenters. The minimum Gasteiger partial charge on any atom is -0.478 e. The number of carbonyl (C=O) groups is 2. The number of morpholine rings is 1. The highest BCUT2D eigenvalue weighted by atomic mass is 79.9. The molecule has 1 aromatic carbocycles. The van der Waals surface area contributed by atoms with Gasteiger partial charge >= 0.3 is 5.97 Å². The van der Waals surface area contributed by atoms with Crippen molar-refractivity contribution in [3.63, 3.8) is 0 Å². The highest BCUT2D eigenvalue weighted by molar-refractivity contribution is 9.10. The van der Waals surface area contributed by atoms with Crippen LogP contribution < -0.4 is 10.6 Å². The fourth-order valence-corrected chi connectivity index (χ4v) is 2.14. The van der Waals surface area contributed by atoms with E-state index in [0.29, 0.717) is 23.3 Å². The number of nitrogens with one attached hydrogen (secondary N) is 2. The van der Waals surface area contributed by atoms with Crippen LogP contribution in [0.4, 0.5) is 5.69 Å². The second kappa shape index (κ2) is 6.14. The molecule has 1 aliphatic rings. The quantitative estimate of drug-likeness (QED) is 0.772. The molecule has 6 nitrogen and oxygen atoms in total. The van der Waals surface area contributed by atoms with Crippen molar-refractivity contribution in [2.45, 2.75) is 6.10 Å². The van der Waals surface area contributed by atoms with E-state index in [0.717, 1.165) is 6.54 Å². The van der Waals surface area contributed by atoms with Gasteiger partial charge in [0, 0.05) is 23.2 Å². The van der Waals surface area contributed by atoms with Crippen LogP contribution in [0.3, 0.4) is 0 Å². The van der Waals surface area contributed by atoms with Crippen LogP contribution >= 0.6 is 15.9 Å². The summed E-state index contributed by atoms with van der Waals surface area (Å²) in [5, 5.41) is 14.7. The van der Waals surface area contributed by atoms with E-state index in [4.69, 9.17) is 9.84 Å². The number of anilines is 1. The van der Waals surface area contributed by atoms with Gasteiger partial charge in [-0.05, 0) is 34.1 Å². The van der Waals surface area contributed by atoms with Crippen LogP contribution in [0.2, 0.25) is 0 Å². The summed E-state index contributed by atoms with van der Waals surface area (Å²) in [6.07, 6.45) is -0.550. The van der Waals surface area contributed by atoms with Crippen LogP contribution in [0.5, 0.6) is 0 Å². The maximum absolute atomic E-state index is 11.9. The van der Waals surface area contributed by atoms with E-state index in [1.165, 1.54) is 6.07 Å². The third-order valence-corrected chi connectivity index (χ3v) is 3.38. The Morgan fingerprint density at radius 2 is 2.26 bits per heavy atom. The number of carboxylic acids is 1. The minimum atomic E-state index is -1.06. The molecule has 0 saturated carbocycles. The Kier molecular flexibility index (Phi) is 4.52. The molecule has 0 radical (unpaired) electrons. The van der Waals surface area contributed by atoms with Gasteiger partial charge in [0.15, 0.2) is 0 Å². The average molecular weight is 329 g/mol. The van der Waals surface area contributed by atoms with Crippen molar-refractivity contribution < 1.29 is 19.4 Å². The van der Waals surface area contributed by atoms with Crippen molar-refractivity contribution in [3.8, 4) is 0 Å². The second-order valence-electron chi connectivity index (χ2n) is 4.05. The lowest BCUT2D eigenvalue weighted by atomic mass is 10.2. The zero-order valence-electron chi connectivity index (χ0n) is 9.98. The summed E-state index contributed by atoms with van der Waals surface area (Å²) in [6, 6.07) is 4.62. The Morgan fingerprint density at radius 1 is 1.47 bits per heavy atom. The van der Waals surface area contributed by atoms with Crippen LogP contribution in [-0.2, 0) is 9.53 Å². The molecule has 1 unspecified atom stereocenters. The molecule has 102 valence electrons. The van der Waals surface area contributed by atoms with Gasteiger partial charge in [-0.3, -0.25) is 4.79 Å². The van der Waals surface area contributed by atoms with Gasteiger partial charge in [-0.25, -0.2) is 4.79 Å². The predicted octanol–water partition coefficient (Wildman–Crippen LogP) is 1.07. The number of ether oxygens (including phenoxy) is 1. The molecule has 0 spiro atoms. The van der Waals surface area contributed by atoms with Gasteiger partial charge in [-0.15, -0.1) is 0 Å². The van der Waals surface area contributed by atoms with Crippen molar-refractivity contribution in [2.75, 3.05) is 25.0 Å². The van der Waals surface area contributed by atoms with Crippen molar-refractivity contribution in [1.29, 1.82) is 0 Å². The zero-order chi connectivity index (χ0) is 13.8. The summed E-state index contributed by atoms with van der Waals surface area (Å²) < 4.78 is 5.78. The molecule has 0 aromatic heterocycles. The molecular formula is C12H13BrN2O4. The molecule has 0 bridgehead atoms. The predicted molar refractivity (Wildman–Crippen MR) is 72.3 cm³/mol. The SMILES string of the molecule is O=C(O)c1cc(NC(=O)C2CNCCO2)ccc1Br. The fourth-order valence-electron chi connectivity index (χ4n) is 1.72. The van der Waals surface area contributed by atoms with Gasteiger partial charge in [-0.2, -0.15) is 0 Å². The Morgan fingerprint density at radius 3 is 2.89 bits per heavy atom. The smallest absolute Gasteiger partial charge is 0.336 e. The molecule has 1 aromatic rings. The molecular weight excluding hydrogens is 316 g/mol. The van der Waals surface area contributed by atoms with Crippen LogP contribution in [0, 0.1) is 0 Å². The number of hydrogen-bond donors (Lipinski definition) is 3. The van der Waals surface area contributed by atoms with Crippen LogP contribution in [0.25, 0.3) is 0 Å². The summed E-state index contributed by atoms with van der Waals surface area (Å²) in [7, 11) is 0. The van der Waals surface area contributed by atoms with Gasteiger partial charge in [0.2, 0.25) is 0 Å². The van der Waals surface area contributed by atoms with E-state index in [2.05, 4.69) is 26.6 Å². The Labute approximate surface area is 118 Å². The maximum Gasteiger partial charge on any atom is 0.336 e. The van der Waals surface area contributed by atoms with Crippen molar-refractivity contribution in [2.24, 2.45) is 0 Å². The van der Waals surface area contributed by atoms with Gasteiger partial charge in [0.1, 0.15) is 6.10 Å². The number of amides is 1. The van der Waals surface area contributed by atoms with Crippen LogP contribution in [0.1, 0.15) is 10.4 Å². The summed E-state index contributed by atoms with van der Waals surface area (Å²) in [5.74, 6) is -1.34. The third kappa shape index (κ3) is 3.52. The molecule has 1 amide bonds. The molecule has 1 heterocycles. The summed E-state index contributed by atoms with van der Waals surface area (Å²) >= 11 is 3.15. The molecule has 1 aliphatic heterocycles. The van der Waals surface area contributed by atoms with Gasteiger partial charge in [0.05, 0.1) is 12.2 Å². The molecule has 19 heavy (non-hydrogen) atoms. The largest absolute Gasteiger partial charge is 0.478 e. The van der Waals surface area contributed by atoms with E-state index in [1.807, 2.05) is 0 Å². The molecule has 1 saturated heterocycles. The number of hydrogen-bond acceptors (Lipinski definition) is 4. The summed E-state index contributed by atoms with van der Waals surface area (Å²) in [5.41, 5.74) is 0.528. The van der Waals surface area contributed by atoms with Crippen molar-refractivity contribution in [3.05, 3.63) is 28.2 Å². The average Bonchev–Trinajstić information content (AvgIpc) is 2.41. The van der Waals surface area contributed by atoms with Crippen LogP contribution in [-0.4, -0.2) is 42.8 Å². The number of carboxylic acid groups (broad SMARTS) is 1. The molecule has 3 N–H and O–H groups in total. The molecule has 0 aliphatic carbocycles. The van der Waals surface area contributed by atoms with E-state index >= 15 is 0 Å². The highest BCUT2D eigenvalue weighted by Crippen LogP contribution is 2.21. The lowest BCUT2D eigenvalue weighted by molar-refractivity contribution is -0.128. The third-order valence-electron chi connectivity index (χ3n) is 2.68. The Hall–Kier alpha value is -1.44. The van der Waals surface area contributed by atoms with E-state index in [-0.39, 0.29) is 11.5 Å². The number of benzene rings is 1. The highest BCUT2D eigenvalue weighted by Gasteiger charge is 2.22. The monoisotopic (exact) mass is 328 g/mol. The first-order valence-corrected chi connectivity index (χ1v) is 6.53. The minimum absolute atomic E-state index is 0.0977. The summed E-state index contributed by atoms with van der Waals surface area (Å²) in [6.45, 7) is 1.66. The standard InChI is InChI=1S/C12H13BrN2O4/c13-9-2-1-7(5-8(9)12(17)18)15-11(16)10-6-14-3-4-19-10/h1-2,5,10,14H,3-4,6H2,(H,15,16)(H,17,18). The van der Waals surface area contributed by atoms with Crippen molar-refractivity contribution >= 4 is 33.5 Å². The Bertz CT molecular complexity index is 501. The van der Waals surface area contributed by atoms with E-state index in [1.54, 1.807) is 12.1 Å². The van der Waals surface area contributed by atoms with Gasteiger partial charge in [0.25, 0.3) is 5.91 Å². The Balaban J connectivity index is 2.08. The van der Waals surface area contributed by atoms with Gasteiger partial charge < -0.3 is 20.5 Å². The van der Waals surface area contributed by atoms with Gasteiger partial charge in [-0.1, -0.05) is 0 Å². The van der Waals surface area contributed by atoms with E-state index < -0.39 is 12.1 Å². The molecule has 7 heteroatoms. The molecule has 2 rings (SSSR count). The van der Waals surface area contributed by atoms with Crippen LogP contribution in [0.15, 0.2) is 22.7 Å². The maximum atomic E-state index is 11.9. The van der Waals surface area contributed by atoms with Crippen molar-refractivity contribution in [1.82, 2.24) is 5.32 Å². The summed E-state index contributed by atoms with van der Waals surface area (Å²) in [4.78, 5) is 22.9. The second-order valence-corrected chi connectivity index (χ2v) is 4.91. The first-order valence-electron chi connectivity index (χ1n) is 5.74.